The van der Waals surface area contributed by atoms with Gasteiger partial charge in [-0.3, -0.25) is 9.48 Å². The zero-order valence-electron chi connectivity index (χ0n) is 10.4. The van der Waals surface area contributed by atoms with E-state index in [9.17, 15) is 13.2 Å². The number of nitrogens with zero attached hydrogens (tertiary/aromatic N) is 3. The van der Waals surface area contributed by atoms with Gasteiger partial charge in [0.1, 0.15) is 4.90 Å². The molecule has 2 aromatic heterocycles. The first-order valence-electron chi connectivity index (χ1n) is 5.68. The molecule has 3 N–H and O–H groups in total. The molecule has 0 fully saturated rings. The van der Waals surface area contributed by atoms with Gasteiger partial charge >= 0.3 is 5.97 Å². The molecule has 2 rings (SSSR count). The standard InChI is InChI=1S/C10H13N5O4S/c16-10(17)1-2-15-6-9(5-13-15)20(18,19)14-4-8-3-11-7-12-8/h3,5-7,14H,1-2,4H2,(H,11,12)(H,16,17). The van der Waals surface area contributed by atoms with Gasteiger partial charge in [0.2, 0.25) is 10.0 Å². The van der Waals surface area contributed by atoms with Crippen molar-refractivity contribution in [2.24, 2.45) is 0 Å². The van der Waals surface area contributed by atoms with E-state index in [0.29, 0.717) is 5.69 Å². The monoisotopic (exact) mass is 299 g/mol. The highest BCUT2D eigenvalue weighted by molar-refractivity contribution is 7.89. The molecule has 0 radical (unpaired) electrons. The maximum Gasteiger partial charge on any atom is 0.305 e. The second-order valence-corrected chi connectivity index (χ2v) is 5.75. The maximum atomic E-state index is 12.0. The maximum absolute atomic E-state index is 12.0. The number of carboxylic acid groups (broad SMARTS) is 1. The van der Waals surface area contributed by atoms with E-state index >= 15 is 0 Å². The first kappa shape index (κ1) is 14.2. The SMILES string of the molecule is O=C(O)CCn1cc(S(=O)(=O)NCc2cnc[nH]2)cn1. The van der Waals surface area contributed by atoms with E-state index < -0.39 is 16.0 Å². The van der Waals surface area contributed by atoms with E-state index in [1.807, 2.05) is 0 Å². The van der Waals surface area contributed by atoms with Crippen LogP contribution >= 0.6 is 0 Å². The molecule has 0 aliphatic rings. The second-order valence-electron chi connectivity index (χ2n) is 3.98. The first-order valence-corrected chi connectivity index (χ1v) is 7.17. The summed E-state index contributed by atoms with van der Waals surface area (Å²) < 4.78 is 27.6. The van der Waals surface area contributed by atoms with Crippen molar-refractivity contribution in [3.8, 4) is 0 Å². The summed E-state index contributed by atoms with van der Waals surface area (Å²) in [6.07, 6.45) is 5.31. The van der Waals surface area contributed by atoms with Crippen LogP contribution in [-0.2, 0) is 27.9 Å². The minimum absolute atomic E-state index is 0.0117. The van der Waals surface area contributed by atoms with Gasteiger partial charge in [0.05, 0.1) is 32.0 Å². The Morgan fingerprint density at radius 3 is 2.90 bits per heavy atom. The van der Waals surface area contributed by atoms with E-state index in [0.717, 1.165) is 0 Å². The van der Waals surface area contributed by atoms with E-state index in [-0.39, 0.29) is 24.4 Å². The highest BCUT2D eigenvalue weighted by Gasteiger charge is 2.16. The fourth-order valence-electron chi connectivity index (χ4n) is 1.45. The zero-order valence-corrected chi connectivity index (χ0v) is 11.2. The predicted molar refractivity (Wildman–Crippen MR) is 67.1 cm³/mol. The highest BCUT2D eigenvalue weighted by atomic mass is 32.2. The molecule has 0 unspecified atom stereocenters. The van der Waals surface area contributed by atoms with E-state index in [1.54, 1.807) is 0 Å². The quantitative estimate of drug-likeness (QED) is 0.635. The second kappa shape index (κ2) is 5.84. The van der Waals surface area contributed by atoms with Crippen molar-refractivity contribution in [1.82, 2.24) is 24.5 Å². The number of aliphatic carboxylic acids is 1. The van der Waals surface area contributed by atoms with E-state index in [4.69, 9.17) is 5.11 Å². The van der Waals surface area contributed by atoms with Crippen LogP contribution < -0.4 is 4.72 Å². The normalized spacial score (nSPS) is 11.6. The lowest BCUT2D eigenvalue weighted by Gasteiger charge is -2.02. The largest absolute Gasteiger partial charge is 0.481 e. The Bertz CT molecular complexity index is 676. The lowest BCUT2D eigenvalue weighted by Crippen LogP contribution is -2.23. The minimum Gasteiger partial charge on any atom is -0.481 e. The molecule has 0 saturated carbocycles. The summed E-state index contributed by atoms with van der Waals surface area (Å²) in [5, 5.41) is 12.4. The molecule has 0 aliphatic heterocycles. The smallest absolute Gasteiger partial charge is 0.305 e. The summed E-state index contributed by atoms with van der Waals surface area (Å²) >= 11 is 0. The van der Waals surface area contributed by atoms with Gasteiger partial charge in [0.15, 0.2) is 0 Å². The third-order valence-electron chi connectivity index (χ3n) is 2.48. The van der Waals surface area contributed by atoms with Gasteiger partial charge in [-0.05, 0) is 0 Å². The minimum atomic E-state index is -3.68. The molecule has 108 valence electrons. The summed E-state index contributed by atoms with van der Waals surface area (Å²) in [5.74, 6) is -0.970. The van der Waals surface area contributed by atoms with Crippen molar-refractivity contribution < 1.29 is 18.3 Å². The lowest BCUT2D eigenvalue weighted by atomic mass is 10.4. The lowest BCUT2D eigenvalue weighted by molar-refractivity contribution is -0.137. The number of carbonyl (C=O) groups is 1. The molecular weight excluding hydrogens is 286 g/mol. The van der Waals surface area contributed by atoms with Crippen LogP contribution in [0.2, 0.25) is 0 Å². The number of nitrogens with one attached hydrogen (secondary N) is 2. The average Bonchev–Trinajstić information content (AvgIpc) is 3.05. The number of hydrogen-bond acceptors (Lipinski definition) is 5. The Kier molecular flexibility index (Phi) is 4.15. The summed E-state index contributed by atoms with van der Waals surface area (Å²) in [7, 11) is -3.68. The number of sulfonamides is 1. The van der Waals surface area contributed by atoms with Crippen LogP contribution in [0.15, 0.2) is 29.8 Å². The molecule has 0 bridgehead atoms. The Morgan fingerprint density at radius 2 is 2.25 bits per heavy atom. The molecule has 0 aliphatic carbocycles. The Morgan fingerprint density at radius 1 is 1.45 bits per heavy atom. The van der Waals surface area contributed by atoms with Crippen LogP contribution in [0.3, 0.4) is 0 Å². The fourth-order valence-corrected chi connectivity index (χ4v) is 2.41. The molecule has 2 aromatic rings. The first-order chi connectivity index (χ1) is 9.47. The van der Waals surface area contributed by atoms with Gasteiger partial charge in [0.25, 0.3) is 0 Å². The van der Waals surface area contributed by atoms with Crippen LogP contribution in [0.4, 0.5) is 0 Å². The number of aromatic amines is 1. The molecule has 20 heavy (non-hydrogen) atoms. The molecule has 9 nitrogen and oxygen atoms in total. The summed E-state index contributed by atoms with van der Waals surface area (Å²) in [4.78, 5) is 17.0. The van der Waals surface area contributed by atoms with Crippen LogP contribution in [0.25, 0.3) is 0 Å². The van der Waals surface area contributed by atoms with Crippen LogP contribution in [0.1, 0.15) is 12.1 Å². The summed E-state index contributed by atoms with van der Waals surface area (Å²) in [5.41, 5.74) is 0.631. The summed E-state index contributed by atoms with van der Waals surface area (Å²) in [6.45, 7) is 0.202. The van der Waals surface area contributed by atoms with Crippen molar-refractivity contribution in [1.29, 1.82) is 0 Å². The third-order valence-corrected chi connectivity index (χ3v) is 3.84. The van der Waals surface area contributed by atoms with Gasteiger partial charge in [-0.1, -0.05) is 0 Å². The van der Waals surface area contributed by atoms with E-state index in [1.165, 1.54) is 29.6 Å². The molecular formula is C10H13N5O4S. The van der Waals surface area contributed by atoms with Crippen LogP contribution in [-0.4, -0.2) is 39.2 Å². The molecule has 0 atom stereocenters. The van der Waals surface area contributed by atoms with Crippen molar-refractivity contribution >= 4 is 16.0 Å². The average molecular weight is 299 g/mol. The third kappa shape index (κ3) is 3.65. The number of aromatic nitrogens is 4. The number of H-pyrrole nitrogens is 1. The number of rotatable bonds is 7. The molecule has 0 amide bonds. The van der Waals surface area contributed by atoms with Gasteiger partial charge < -0.3 is 10.1 Å². The van der Waals surface area contributed by atoms with Crippen molar-refractivity contribution in [3.05, 3.63) is 30.6 Å². The Hall–Kier alpha value is -2.20. The fraction of sp³-hybridized carbons (Fsp3) is 0.300. The number of carboxylic acids is 1. The van der Waals surface area contributed by atoms with Crippen molar-refractivity contribution in [2.45, 2.75) is 24.4 Å². The molecule has 2 heterocycles. The zero-order chi connectivity index (χ0) is 14.6. The van der Waals surface area contributed by atoms with Crippen molar-refractivity contribution in [2.75, 3.05) is 0 Å². The molecule has 0 aromatic carbocycles. The number of hydrogen-bond donors (Lipinski definition) is 3. The van der Waals surface area contributed by atoms with E-state index in [2.05, 4.69) is 19.8 Å². The highest BCUT2D eigenvalue weighted by Crippen LogP contribution is 2.08. The van der Waals surface area contributed by atoms with Crippen LogP contribution in [0, 0.1) is 0 Å². The topological polar surface area (TPSA) is 130 Å². The molecule has 0 saturated heterocycles. The van der Waals surface area contributed by atoms with Crippen molar-refractivity contribution in [3.63, 3.8) is 0 Å². The Labute approximate surface area is 114 Å². The van der Waals surface area contributed by atoms with Gasteiger partial charge in [0, 0.05) is 18.1 Å². The van der Waals surface area contributed by atoms with Gasteiger partial charge in [-0.2, -0.15) is 5.10 Å². The Balaban J connectivity index is 2.00. The van der Waals surface area contributed by atoms with Crippen LogP contribution in [0.5, 0.6) is 0 Å². The summed E-state index contributed by atoms with van der Waals surface area (Å²) in [6, 6.07) is 0. The van der Waals surface area contributed by atoms with Gasteiger partial charge in [-0.15, -0.1) is 0 Å². The molecule has 10 heteroatoms. The predicted octanol–water partition coefficient (Wildman–Crippen LogP) is -0.441. The molecule has 0 spiro atoms. The van der Waals surface area contributed by atoms with Gasteiger partial charge in [-0.25, -0.2) is 18.1 Å². The number of aryl methyl sites for hydroxylation is 1. The number of imidazole rings is 1.